The van der Waals surface area contributed by atoms with Gasteiger partial charge in [0.15, 0.2) is 0 Å². The van der Waals surface area contributed by atoms with E-state index in [1.165, 1.54) is 11.1 Å². The molecule has 0 spiro atoms. The van der Waals surface area contributed by atoms with Crippen molar-refractivity contribution < 1.29 is 0 Å². The molecular formula is C15H15N2Se. The van der Waals surface area contributed by atoms with Crippen molar-refractivity contribution in [2.45, 2.75) is 13.1 Å². The van der Waals surface area contributed by atoms with Crippen LogP contribution in [0.3, 0.4) is 0 Å². The zero-order chi connectivity index (χ0) is 12.8. The summed E-state index contributed by atoms with van der Waals surface area (Å²) in [5, 5.41) is 7.82. The van der Waals surface area contributed by atoms with Gasteiger partial charge in [-0.3, -0.25) is 0 Å². The van der Waals surface area contributed by atoms with Crippen LogP contribution >= 0.6 is 0 Å². The van der Waals surface area contributed by atoms with Crippen LogP contribution < -0.4 is 0 Å². The molecule has 2 nitrogen and oxygen atoms in total. The first-order chi connectivity index (χ1) is 8.75. The Kier molecular flexibility index (Phi) is 4.57. The molecule has 0 saturated carbocycles. The maximum atomic E-state index is 7.82. The topological polar surface area (TPSA) is 27.1 Å². The molecule has 0 aliphatic rings. The van der Waals surface area contributed by atoms with Crippen molar-refractivity contribution in [2.75, 3.05) is 0 Å². The van der Waals surface area contributed by atoms with Crippen LogP contribution in [0.4, 0.5) is 0 Å². The van der Waals surface area contributed by atoms with E-state index >= 15 is 0 Å². The Morgan fingerprint density at radius 2 is 1.22 bits per heavy atom. The number of amidine groups is 1. The van der Waals surface area contributed by atoms with Gasteiger partial charge in [-0.25, -0.2) is 0 Å². The van der Waals surface area contributed by atoms with E-state index in [0.29, 0.717) is 4.73 Å². The van der Waals surface area contributed by atoms with E-state index in [9.17, 15) is 0 Å². The van der Waals surface area contributed by atoms with Crippen molar-refractivity contribution in [2.24, 2.45) is 0 Å². The molecule has 0 fully saturated rings. The number of hydrogen-bond acceptors (Lipinski definition) is 1. The first-order valence-corrected chi connectivity index (χ1v) is 6.70. The Hall–Kier alpha value is -1.57. The van der Waals surface area contributed by atoms with Crippen LogP contribution in [0.2, 0.25) is 0 Å². The van der Waals surface area contributed by atoms with E-state index in [-0.39, 0.29) is 0 Å². The number of nitrogens with one attached hydrogen (secondary N) is 1. The van der Waals surface area contributed by atoms with Gasteiger partial charge in [-0.15, -0.1) is 0 Å². The second-order valence-corrected chi connectivity index (χ2v) is 4.94. The first kappa shape index (κ1) is 12.9. The molecule has 0 heterocycles. The fraction of sp³-hybridized carbons (Fsp3) is 0.133. The second-order valence-electron chi connectivity index (χ2n) is 4.13. The molecule has 0 aliphatic carbocycles. The Labute approximate surface area is 116 Å². The molecule has 18 heavy (non-hydrogen) atoms. The predicted octanol–water partition coefficient (Wildman–Crippen LogP) is 2.79. The summed E-state index contributed by atoms with van der Waals surface area (Å²) < 4.78 is 0.475. The first-order valence-electron chi connectivity index (χ1n) is 5.84. The zero-order valence-electron chi connectivity index (χ0n) is 10.0. The normalized spacial score (nSPS) is 10.0. The monoisotopic (exact) mass is 303 g/mol. The average Bonchev–Trinajstić information content (AvgIpc) is 2.40. The van der Waals surface area contributed by atoms with Gasteiger partial charge >= 0.3 is 116 Å². The van der Waals surface area contributed by atoms with Crippen molar-refractivity contribution in [1.82, 2.24) is 4.90 Å². The third-order valence-corrected chi connectivity index (χ3v) is 3.26. The van der Waals surface area contributed by atoms with E-state index in [1.807, 2.05) is 41.3 Å². The van der Waals surface area contributed by atoms with Gasteiger partial charge in [0.05, 0.1) is 0 Å². The van der Waals surface area contributed by atoms with Crippen molar-refractivity contribution in [3.05, 3.63) is 71.8 Å². The molecule has 0 aromatic heterocycles. The van der Waals surface area contributed by atoms with Crippen LogP contribution in [0.1, 0.15) is 11.1 Å². The molecule has 0 amide bonds. The van der Waals surface area contributed by atoms with E-state index in [1.54, 1.807) is 0 Å². The summed E-state index contributed by atoms with van der Waals surface area (Å²) in [5.74, 6) is 0. The molecule has 1 N–H and O–H groups in total. The van der Waals surface area contributed by atoms with Gasteiger partial charge in [0.1, 0.15) is 0 Å². The van der Waals surface area contributed by atoms with Gasteiger partial charge in [-0.1, -0.05) is 0 Å². The van der Waals surface area contributed by atoms with Crippen molar-refractivity contribution in [3.8, 4) is 0 Å². The number of hydrogen-bond donors (Lipinski definition) is 1. The molecule has 2 rings (SSSR count). The molecule has 0 bridgehead atoms. The summed E-state index contributed by atoms with van der Waals surface area (Å²) in [6.45, 7) is 1.50. The van der Waals surface area contributed by atoms with Crippen LogP contribution in [-0.4, -0.2) is 25.6 Å². The number of rotatable bonds is 4. The number of benzene rings is 2. The molecule has 0 unspecified atom stereocenters. The predicted molar refractivity (Wildman–Crippen MR) is 75.6 cm³/mol. The van der Waals surface area contributed by atoms with Gasteiger partial charge in [0, 0.05) is 0 Å². The van der Waals surface area contributed by atoms with Gasteiger partial charge in [-0.05, 0) is 0 Å². The third-order valence-electron chi connectivity index (χ3n) is 2.72. The summed E-state index contributed by atoms with van der Waals surface area (Å²) in [4.78, 5) is 2.02. The van der Waals surface area contributed by atoms with Gasteiger partial charge in [0.2, 0.25) is 0 Å². The molecule has 0 atom stereocenters. The van der Waals surface area contributed by atoms with E-state index < -0.39 is 0 Å². The minimum atomic E-state index is 0.475. The maximum absolute atomic E-state index is 7.82. The summed E-state index contributed by atoms with van der Waals surface area (Å²) in [5.41, 5.74) is 2.43. The molecule has 0 aliphatic heterocycles. The van der Waals surface area contributed by atoms with Gasteiger partial charge in [-0.2, -0.15) is 0 Å². The van der Waals surface area contributed by atoms with Crippen molar-refractivity contribution >= 4 is 20.7 Å². The SMILES string of the molecule is N=C([Se])N(Cc1ccccc1)Cc1ccccc1. The van der Waals surface area contributed by atoms with Gasteiger partial charge in [0.25, 0.3) is 0 Å². The standard InChI is InChI=1S/C15H15N2Se/c16-15(18)17(11-13-7-3-1-4-8-13)12-14-9-5-2-6-10-14/h1-10,16H,11-12H2. The summed E-state index contributed by atoms with van der Waals surface area (Å²) >= 11 is 2.79. The molecule has 2 aromatic carbocycles. The minimum absolute atomic E-state index is 0.475. The van der Waals surface area contributed by atoms with Crippen LogP contribution in [0.25, 0.3) is 0 Å². The molecule has 3 heteroatoms. The van der Waals surface area contributed by atoms with Crippen LogP contribution in [0.15, 0.2) is 60.7 Å². The van der Waals surface area contributed by atoms with Crippen LogP contribution in [0.5, 0.6) is 0 Å². The molecule has 91 valence electrons. The molecule has 2 aromatic rings. The van der Waals surface area contributed by atoms with Crippen LogP contribution in [-0.2, 0) is 13.1 Å². The summed E-state index contributed by atoms with van der Waals surface area (Å²) in [6, 6.07) is 20.5. The zero-order valence-corrected chi connectivity index (χ0v) is 11.8. The Bertz CT molecular complexity index is 455. The van der Waals surface area contributed by atoms with E-state index in [4.69, 9.17) is 5.41 Å². The van der Waals surface area contributed by atoms with E-state index in [0.717, 1.165) is 13.1 Å². The van der Waals surface area contributed by atoms with Crippen molar-refractivity contribution in [1.29, 1.82) is 5.41 Å². The fourth-order valence-electron chi connectivity index (χ4n) is 1.81. The number of nitrogens with zero attached hydrogens (tertiary/aromatic N) is 1. The quantitative estimate of drug-likeness (QED) is 0.525. The Morgan fingerprint density at radius 1 is 0.833 bits per heavy atom. The van der Waals surface area contributed by atoms with Gasteiger partial charge < -0.3 is 0 Å². The Balaban J connectivity index is 2.08. The van der Waals surface area contributed by atoms with E-state index in [2.05, 4.69) is 40.3 Å². The fourth-order valence-corrected chi connectivity index (χ4v) is 2.08. The third kappa shape index (κ3) is 3.73. The average molecular weight is 302 g/mol. The van der Waals surface area contributed by atoms with Crippen molar-refractivity contribution in [3.63, 3.8) is 0 Å². The molecule has 1 radical (unpaired) electrons. The second kappa shape index (κ2) is 6.39. The summed E-state index contributed by atoms with van der Waals surface area (Å²) in [6.07, 6.45) is 0. The van der Waals surface area contributed by atoms with Crippen LogP contribution in [0, 0.1) is 5.41 Å². The molecular weight excluding hydrogens is 287 g/mol. The molecule has 0 saturated heterocycles. The summed E-state index contributed by atoms with van der Waals surface area (Å²) in [7, 11) is 0. The Morgan fingerprint density at radius 3 is 1.56 bits per heavy atom.